The molecule has 0 fully saturated rings. The number of methoxy groups -OCH3 is 1. The lowest BCUT2D eigenvalue weighted by atomic mass is 10.2. The molecule has 0 unspecified atom stereocenters. The number of ether oxygens (including phenoxy) is 1. The Kier molecular flexibility index (Phi) is 3.73. The van der Waals surface area contributed by atoms with Crippen molar-refractivity contribution in [2.45, 2.75) is 6.92 Å². The predicted molar refractivity (Wildman–Crippen MR) is 85.9 cm³/mol. The van der Waals surface area contributed by atoms with Gasteiger partial charge in [0.2, 0.25) is 0 Å². The third-order valence-corrected chi connectivity index (χ3v) is 3.81. The number of carbonyl (C=O) groups is 1. The predicted octanol–water partition coefficient (Wildman–Crippen LogP) is 3.56. The summed E-state index contributed by atoms with van der Waals surface area (Å²) >= 11 is 6.07. The number of benzene rings is 1. The number of nitrogens with one attached hydrogen (secondary N) is 1. The fourth-order valence-corrected chi connectivity index (χ4v) is 2.34. The summed E-state index contributed by atoms with van der Waals surface area (Å²) in [5.74, 6) is 0.304. The second kappa shape index (κ2) is 5.69. The lowest BCUT2D eigenvalue weighted by Crippen LogP contribution is -2.13. The van der Waals surface area contributed by atoms with Crippen LogP contribution in [0.3, 0.4) is 0 Å². The molecule has 112 valence electrons. The van der Waals surface area contributed by atoms with Crippen LogP contribution >= 0.6 is 11.6 Å². The van der Waals surface area contributed by atoms with Gasteiger partial charge < -0.3 is 14.5 Å². The van der Waals surface area contributed by atoms with E-state index in [1.165, 1.54) is 7.11 Å². The summed E-state index contributed by atoms with van der Waals surface area (Å²) in [6, 6.07) is 6.99. The van der Waals surface area contributed by atoms with Gasteiger partial charge in [0.25, 0.3) is 5.91 Å². The molecule has 6 heteroatoms. The molecule has 1 aromatic carbocycles. The third-order valence-electron chi connectivity index (χ3n) is 3.41. The van der Waals surface area contributed by atoms with E-state index in [0.29, 0.717) is 22.0 Å². The summed E-state index contributed by atoms with van der Waals surface area (Å²) in [5, 5.41) is 3.44. The Morgan fingerprint density at radius 3 is 2.95 bits per heavy atom. The van der Waals surface area contributed by atoms with E-state index < -0.39 is 0 Å². The average Bonchev–Trinajstić information content (AvgIpc) is 2.98. The quantitative estimate of drug-likeness (QED) is 0.804. The molecule has 0 aliphatic rings. The first kappa shape index (κ1) is 14.4. The van der Waals surface area contributed by atoms with Crippen LogP contribution in [0.1, 0.15) is 15.9 Å². The van der Waals surface area contributed by atoms with Crippen molar-refractivity contribution in [1.29, 1.82) is 0 Å². The fraction of sp³-hybridized carbons (Fsp3) is 0.125. The van der Waals surface area contributed by atoms with Crippen LogP contribution in [-0.4, -0.2) is 22.4 Å². The van der Waals surface area contributed by atoms with E-state index in [0.717, 1.165) is 11.1 Å². The van der Waals surface area contributed by atoms with Gasteiger partial charge in [-0.1, -0.05) is 11.6 Å². The average molecular weight is 316 g/mol. The summed E-state index contributed by atoms with van der Waals surface area (Å²) in [5.41, 5.74) is 2.85. The molecule has 0 bridgehead atoms. The molecule has 22 heavy (non-hydrogen) atoms. The molecule has 1 N–H and O–H groups in total. The maximum Gasteiger partial charge on any atom is 0.255 e. The van der Waals surface area contributed by atoms with E-state index in [1.807, 2.05) is 11.3 Å². The standard InChI is InChI=1S/C16H14ClN3O2/c1-10-5-14(15(22-2)7-13(10)17)19-16(21)11-3-4-20-9-18-8-12(20)6-11/h3-9H,1-2H3,(H,19,21). The van der Waals surface area contributed by atoms with Crippen LogP contribution in [0.2, 0.25) is 5.02 Å². The van der Waals surface area contributed by atoms with Crippen LogP contribution in [0.4, 0.5) is 5.69 Å². The number of imidazole rings is 1. The van der Waals surface area contributed by atoms with E-state index in [-0.39, 0.29) is 5.91 Å². The van der Waals surface area contributed by atoms with Crippen molar-refractivity contribution < 1.29 is 9.53 Å². The minimum atomic E-state index is -0.219. The summed E-state index contributed by atoms with van der Waals surface area (Å²) in [7, 11) is 1.54. The Balaban J connectivity index is 1.92. The topological polar surface area (TPSA) is 55.6 Å². The molecule has 0 atom stereocenters. The van der Waals surface area contributed by atoms with Crippen LogP contribution < -0.4 is 10.1 Å². The lowest BCUT2D eigenvalue weighted by molar-refractivity contribution is 0.102. The Morgan fingerprint density at radius 2 is 2.18 bits per heavy atom. The van der Waals surface area contributed by atoms with Crippen LogP contribution in [0.15, 0.2) is 43.0 Å². The van der Waals surface area contributed by atoms with Crippen molar-refractivity contribution in [3.8, 4) is 5.75 Å². The zero-order chi connectivity index (χ0) is 15.7. The molecular weight excluding hydrogens is 302 g/mol. The molecule has 0 radical (unpaired) electrons. The smallest absolute Gasteiger partial charge is 0.255 e. The van der Waals surface area contributed by atoms with Gasteiger partial charge in [0.1, 0.15) is 5.75 Å². The van der Waals surface area contributed by atoms with Crippen molar-refractivity contribution in [3.63, 3.8) is 0 Å². The number of hydrogen-bond donors (Lipinski definition) is 1. The number of aromatic nitrogens is 2. The van der Waals surface area contributed by atoms with Gasteiger partial charge in [-0.25, -0.2) is 4.98 Å². The Morgan fingerprint density at radius 1 is 1.36 bits per heavy atom. The van der Waals surface area contributed by atoms with Gasteiger partial charge in [-0.05, 0) is 30.7 Å². The summed E-state index contributed by atoms with van der Waals surface area (Å²) < 4.78 is 7.10. The van der Waals surface area contributed by atoms with E-state index >= 15 is 0 Å². The summed E-state index contributed by atoms with van der Waals surface area (Å²) in [6.07, 6.45) is 5.17. The number of anilines is 1. The van der Waals surface area contributed by atoms with E-state index in [1.54, 1.807) is 43.0 Å². The van der Waals surface area contributed by atoms with Crippen molar-refractivity contribution >= 4 is 28.7 Å². The number of fused-ring (bicyclic) bond motifs is 1. The van der Waals surface area contributed by atoms with Crippen molar-refractivity contribution in [1.82, 2.24) is 9.38 Å². The number of amides is 1. The highest BCUT2D eigenvalue weighted by Crippen LogP contribution is 2.31. The SMILES string of the molecule is COc1cc(Cl)c(C)cc1NC(=O)c1ccn2cncc2c1. The maximum absolute atomic E-state index is 12.4. The molecule has 0 saturated heterocycles. The molecule has 0 saturated carbocycles. The Bertz CT molecular complexity index is 858. The number of aryl methyl sites for hydroxylation is 1. The van der Waals surface area contributed by atoms with E-state index in [4.69, 9.17) is 16.3 Å². The second-order valence-electron chi connectivity index (χ2n) is 4.90. The number of hydrogen-bond acceptors (Lipinski definition) is 3. The minimum Gasteiger partial charge on any atom is -0.495 e. The molecule has 0 spiro atoms. The molecule has 0 aliphatic carbocycles. The molecule has 2 heterocycles. The molecule has 5 nitrogen and oxygen atoms in total. The van der Waals surface area contributed by atoms with Gasteiger partial charge >= 0.3 is 0 Å². The van der Waals surface area contributed by atoms with Crippen LogP contribution in [0, 0.1) is 6.92 Å². The first-order valence-electron chi connectivity index (χ1n) is 6.65. The number of nitrogens with zero attached hydrogens (tertiary/aromatic N) is 2. The number of rotatable bonds is 3. The van der Waals surface area contributed by atoms with Gasteiger partial charge in [0.15, 0.2) is 0 Å². The molecule has 3 aromatic rings. The van der Waals surface area contributed by atoms with Crippen LogP contribution in [0.25, 0.3) is 5.52 Å². The molecule has 0 aliphatic heterocycles. The van der Waals surface area contributed by atoms with Gasteiger partial charge in [-0.3, -0.25) is 4.79 Å². The highest BCUT2D eigenvalue weighted by molar-refractivity contribution is 6.31. The zero-order valence-electron chi connectivity index (χ0n) is 12.1. The second-order valence-corrected chi connectivity index (χ2v) is 5.30. The molecule has 1 amide bonds. The summed E-state index contributed by atoms with van der Waals surface area (Å²) in [4.78, 5) is 16.4. The lowest BCUT2D eigenvalue weighted by Gasteiger charge is -2.12. The Labute approximate surface area is 132 Å². The van der Waals surface area contributed by atoms with Crippen molar-refractivity contribution in [3.05, 3.63) is 59.1 Å². The van der Waals surface area contributed by atoms with Gasteiger partial charge in [-0.2, -0.15) is 0 Å². The normalized spacial score (nSPS) is 10.7. The Hall–Kier alpha value is -2.53. The molecule has 3 rings (SSSR count). The van der Waals surface area contributed by atoms with Crippen LogP contribution in [-0.2, 0) is 0 Å². The zero-order valence-corrected chi connectivity index (χ0v) is 12.9. The van der Waals surface area contributed by atoms with E-state index in [2.05, 4.69) is 10.3 Å². The fourth-order valence-electron chi connectivity index (χ4n) is 2.18. The number of halogens is 1. The molecular formula is C16H14ClN3O2. The first-order chi connectivity index (χ1) is 10.6. The largest absolute Gasteiger partial charge is 0.495 e. The minimum absolute atomic E-state index is 0.219. The van der Waals surface area contributed by atoms with Crippen molar-refractivity contribution in [2.24, 2.45) is 0 Å². The highest BCUT2D eigenvalue weighted by Gasteiger charge is 2.12. The van der Waals surface area contributed by atoms with Crippen molar-refractivity contribution in [2.75, 3.05) is 12.4 Å². The van der Waals surface area contributed by atoms with Gasteiger partial charge in [0.05, 0.1) is 30.8 Å². The monoisotopic (exact) mass is 315 g/mol. The van der Waals surface area contributed by atoms with Gasteiger partial charge in [-0.15, -0.1) is 0 Å². The van der Waals surface area contributed by atoms with Crippen LogP contribution in [0.5, 0.6) is 5.75 Å². The highest BCUT2D eigenvalue weighted by atomic mass is 35.5. The number of carbonyl (C=O) groups excluding carboxylic acids is 1. The third kappa shape index (κ3) is 2.63. The number of pyridine rings is 1. The summed E-state index contributed by atoms with van der Waals surface area (Å²) in [6.45, 7) is 1.87. The van der Waals surface area contributed by atoms with Gasteiger partial charge in [0, 0.05) is 22.8 Å². The maximum atomic E-state index is 12.4. The van der Waals surface area contributed by atoms with E-state index in [9.17, 15) is 4.79 Å². The first-order valence-corrected chi connectivity index (χ1v) is 7.03. The molecule has 2 aromatic heterocycles.